The predicted octanol–water partition coefficient (Wildman–Crippen LogP) is 2.12. The molecule has 0 fully saturated rings. The molecule has 0 aromatic heterocycles. The molecule has 1 amide bonds. The molecule has 1 aliphatic rings. The van der Waals surface area contributed by atoms with E-state index < -0.39 is 5.54 Å². The molecule has 0 unspecified atom stereocenters. The number of nitrogens with one attached hydrogen (secondary N) is 1. The van der Waals surface area contributed by atoms with Gasteiger partial charge < -0.3 is 15.3 Å². The van der Waals surface area contributed by atoms with Crippen LogP contribution in [0.4, 0.5) is 11.4 Å². The van der Waals surface area contributed by atoms with Crippen molar-refractivity contribution in [2.75, 3.05) is 10.2 Å². The number of carbonyl (C=O) groups is 1. The molecule has 1 aromatic rings. The van der Waals surface area contributed by atoms with Gasteiger partial charge in [0, 0.05) is 11.6 Å². The van der Waals surface area contributed by atoms with Crippen molar-refractivity contribution in [3.63, 3.8) is 0 Å². The first-order valence-electron chi connectivity index (χ1n) is 6.23. The molecule has 2 rings (SSSR count). The molecule has 0 spiro atoms. The number of anilines is 2. The fourth-order valence-corrected chi connectivity index (χ4v) is 2.35. The lowest BCUT2D eigenvalue weighted by Crippen LogP contribution is -2.56. The van der Waals surface area contributed by atoms with E-state index in [1.54, 1.807) is 4.90 Å². The second kappa shape index (κ2) is 4.28. The summed E-state index contributed by atoms with van der Waals surface area (Å²) in [5.74, 6) is 0.0556. The molecule has 0 aliphatic carbocycles. The molecular formula is C14H20N2O2. The Hall–Kier alpha value is -1.55. The summed E-state index contributed by atoms with van der Waals surface area (Å²) in [5, 5.41) is 12.7. The fraction of sp³-hybridized carbons (Fsp3) is 0.500. The third-order valence-corrected chi connectivity index (χ3v) is 3.27. The summed E-state index contributed by atoms with van der Waals surface area (Å²) in [6.45, 7) is 7.68. The average Bonchev–Trinajstić information content (AvgIpc) is 2.29. The number of fused-ring (bicyclic) bond motifs is 1. The molecule has 0 saturated heterocycles. The monoisotopic (exact) mass is 248 g/mol. The molecule has 1 aromatic carbocycles. The van der Waals surface area contributed by atoms with Crippen molar-refractivity contribution >= 4 is 17.3 Å². The molecule has 4 nitrogen and oxygen atoms in total. The van der Waals surface area contributed by atoms with Gasteiger partial charge in [-0.1, -0.05) is 12.1 Å². The maximum absolute atomic E-state index is 12.5. The van der Waals surface area contributed by atoms with Crippen molar-refractivity contribution in [2.45, 2.75) is 45.9 Å². The summed E-state index contributed by atoms with van der Waals surface area (Å²) in [4.78, 5) is 14.2. The van der Waals surface area contributed by atoms with Crippen LogP contribution in [-0.4, -0.2) is 22.6 Å². The van der Waals surface area contributed by atoms with Crippen molar-refractivity contribution in [3.8, 4) is 0 Å². The van der Waals surface area contributed by atoms with E-state index in [0.29, 0.717) is 0 Å². The minimum Gasteiger partial charge on any atom is -0.392 e. The largest absolute Gasteiger partial charge is 0.392 e. The first kappa shape index (κ1) is 12.9. The van der Waals surface area contributed by atoms with Crippen molar-refractivity contribution in [1.29, 1.82) is 0 Å². The summed E-state index contributed by atoms with van der Waals surface area (Å²) in [7, 11) is 0. The molecule has 18 heavy (non-hydrogen) atoms. The van der Waals surface area contributed by atoms with Gasteiger partial charge >= 0.3 is 0 Å². The van der Waals surface area contributed by atoms with E-state index in [0.717, 1.165) is 16.9 Å². The van der Waals surface area contributed by atoms with Crippen LogP contribution in [0.2, 0.25) is 0 Å². The summed E-state index contributed by atoms with van der Waals surface area (Å²) >= 11 is 0. The van der Waals surface area contributed by atoms with E-state index in [-0.39, 0.29) is 18.6 Å². The maximum Gasteiger partial charge on any atom is 0.252 e. The lowest BCUT2D eigenvalue weighted by Gasteiger charge is -2.42. The SMILES string of the molecule is CC(C)N1C(=O)C(C)(C)Nc2c(CO)cccc21. The van der Waals surface area contributed by atoms with Crippen LogP contribution in [0, 0.1) is 0 Å². The van der Waals surface area contributed by atoms with E-state index >= 15 is 0 Å². The highest BCUT2D eigenvalue weighted by molar-refractivity contribution is 6.08. The van der Waals surface area contributed by atoms with E-state index in [4.69, 9.17) is 0 Å². The Morgan fingerprint density at radius 3 is 2.61 bits per heavy atom. The number of rotatable bonds is 2. The number of aliphatic hydroxyl groups excluding tert-OH is 1. The normalized spacial score (nSPS) is 17.7. The van der Waals surface area contributed by atoms with Crippen LogP contribution in [-0.2, 0) is 11.4 Å². The van der Waals surface area contributed by atoms with E-state index in [1.165, 1.54) is 0 Å². The summed E-state index contributed by atoms with van der Waals surface area (Å²) in [6.07, 6.45) is 0. The van der Waals surface area contributed by atoms with Crippen LogP contribution in [0.15, 0.2) is 18.2 Å². The second-order valence-corrected chi connectivity index (χ2v) is 5.49. The molecule has 1 heterocycles. The summed E-state index contributed by atoms with van der Waals surface area (Å²) in [5.41, 5.74) is 1.88. The van der Waals surface area contributed by atoms with Gasteiger partial charge in [-0.15, -0.1) is 0 Å². The van der Waals surface area contributed by atoms with Crippen molar-refractivity contribution in [2.24, 2.45) is 0 Å². The lowest BCUT2D eigenvalue weighted by atomic mass is 9.95. The summed E-state index contributed by atoms with van der Waals surface area (Å²) in [6, 6.07) is 5.74. The topological polar surface area (TPSA) is 52.6 Å². The quantitative estimate of drug-likeness (QED) is 0.843. The molecule has 1 aliphatic heterocycles. The van der Waals surface area contributed by atoms with Crippen LogP contribution in [0.1, 0.15) is 33.3 Å². The molecule has 98 valence electrons. The Kier molecular flexibility index (Phi) is 3.07. The third kappa shape index (κ3) is 1.86. The Labute approximate surface area is 108 Å². The minimum absolute atomic E-state index is 0.0353. The highest BCUT2D eigenvalue weighted by Crippen LogP contribution is 2.38. The standard InChI is InChI=1S/C14H20N2O2/c1-9(2)16-11-7-5-6-10(8-17)12(11)15-14(3,4)13(16)18/h5-7,9,15,17H,8H2,1-4H3. The first-order chi connectivity index (χ1) is 8.38. The molecular weight excluding hydrogens is 228 g/mol. The first-order valence-corrected chi connectivity index (χ1v) is 6.23. The third-order valence-electron chi connectivity index (χ3n) is 3.27. The van der Waals surface area contributed by atoms with Crippen LogP contribution in [0.5, 0.6) is 0 Å². The van der Waals surface area contributed by atoms with Gasteiger partial charge in [0.15, 0.2) is 0 Å². The number of nitrogens with zero attached hydrogens (tertiary/aromatic N) is 1. The molecule has 0 saturated carbocycles. The van der Waals surface area contributed by atoms with Crippen molar-refractivity contribution in [3.05, 3.63) is 23.8 Å². The number of carbonyl (C=O) groups excluding carboxylic acids is 1. The summed E-state index contributed by atoms with van der Waals surface area (Å²) < 4.78 is 0. The Bertz CT molecular complexity index is 481. The zero-order valence-corrected chi connectivity index (χ0v) is 11.3. The highest BCUT2D eigenvalue weighted by atomic mass is 16.3. The average molecular weight is 248 g/mol. The van der Waals surface area contributed by atoms with E-state index in [1.807, 2.05) is 45.9 Å². The van der Waals surface area contributed by atoms with E-state index in [2.05, 4.69) is 5.32 Å². The number of aliphatic hydroxyl groups is 1. The van der Waals surface area contributed by atoms with Crippen molar-refractivity contribution in [1.82, 2.24) is 0 Å². The van der Waals surface area contributed by atoms with Gasteiger partial charge in [0.2, 0.25) is 0 Å². The minimum atomic E-state index is -0.650. The Morgan fingerprint density at radius 1 is 1.39 bits per heavy atom. The molecule has 0 bridgehead atoms. The van der Waals surface area contributed by atoms with Gasteiger partial charge in [0.25, 0.3) is 5.91 Å². The Balaban J connectivity index is 2.63. The van der Waals surface area contributed by atoms with Crippen molar-refractivity contribution < 1.29 is 9.90 Å². The molecule has 4 heteroatoms. The predicted molar refractivity (Wildman–Crippen MR) is 72.7 cm³/mol. The van der Waals surface area contributed by atoms with Gasteiger partial charge in [0.1, 0.15) is 5.54 Å². The number of para-hydroxylation sites is 1. The van der Waals surface area contributed by atoms with Gasteiger partial charge in [-0.25, -0.2) is 0 Å². The number of benzene rings is 1. The zero-order chi connectivity index (χ0) is 13.5. The molecule has 0 atom stereocenters. The smallest absolute Gasteiger partial charge is 0.252 e. The van der Waals surface area contributed by atoms with Gasteiger partial charge in [-0.05, 0) is 33.8 Å². The number of hydrogen-bond donors (Lipinski definition) is 2. The second-order valence-electron chi connectivity index (χ2n) is 5.49. The highest BCUT2D eigenvalue weighted by Gasteiger charge is 2.40. The fourth-order valence-electron chi connectivity index (χ4n) is 2.35. The van der Waals surface area contributed by atoms with Gasteiger partial charge in [-0.2, -0.15) is 0 Å². The van der Waals surface area contributed by atoms with Gasteiger partial charge in [0.05, 0.1) is 18.0 Å². The van der Waals surface area contributed by atoms with Crippen LogP contribution in [0.25, 0.3) is 0 Å². The maximum atomic E-state index is 12.5. The number of hydrogen-bond acceptors (Lipinski definition) is 3. The zero-order valence-electron chi connectivity index (χ0n) is 11.3. The molecule has 0 radical (unpaired) electrons. The molecule has 2 N–H and O–H groups in total. The Morgan fingerprint density at radius 2 is 2.06 bits per heavy atom. The number of amides is 1. The van der Waals surface area contributed by atoms with E-state index in [9.17, 15) is 9.90 Å². The lowest BCUT2D eigenvalue weighted by molar-refractivity contribution is -0.122. The van der Waals surface area contributed by atoms with Crippen LogP contribution < -0.4 is 10.2 Å². The van der Waals surface area contributed by atoms with Crippen LogP contribution in [0.3, 0.4) is 0 Å². The van der Waals surface area contributed by atoms with Gasteiger partial charge in [-0.3, -0.25) is 4.79 Å². The van der Waals surface area contributed by atoms with Crippen LogP contribution >= 0.6 is 0 Å².